The zero-order valence-electron chi connectivity index (χ0n) is 9.18. The minimum absolute atomic E-state index is 0.428. The summed E-state index contributed by atoms with van der Waals surface area (Å²) in [6, 6.07) is 0.728. The first-order valence-corrected chi connectivity index (χ1v) is 5.46. The van der Waals surface area contributed by atoms with Crippen LogP contribution in [0.15, 0.2) is 4.99 Å². The largest absolute Gasteiger partial charge is 0.462 e. The predicted octanol–water partition coefficient (Wildman–Crippen LogP) is 0.740. The number of nitrogens with one attached hydrogen (secondary N) is 2. The van der Waals surface area contributed by atoms with Crippen LogP contribution in [-0.2, 0) is 4.74 Å². The lowest BCUT2D eigenvalue weighted by Crippen LogP contribution is -2.27. The molecule has 1 aliphatic carbocycles. The van der Waals surface area contributed by atoms with Crippen molar-refractivity contribution in [2.45, 2.75) is 32.3 Å². The third kappa shape index (κ3) is 5.07. The first-order valence-electron chi connectivity index (χ1n) is 5.46. The lowest BCUT2D eigenvalue weighted by Gasteiger charge is -2.08. The third-order valence-corrected chi connectivity index (χ3v) is 1.97. The summed E-state index contributed by atoms with van der Waals surface area (Å²) in [5.74, 6) is 0. The highest BCUT2D eigenvalue weighted by molar-refractivity contribution is 5.73. The molecular formula is C10H21N3O. The summed E-state index contributed by atoms with van der Waals surface area (Å²) in [4.78, 5) is 4.37. The molecule has 0 aromatic heterocycles. The Hall–Kier alpha value is -0.770. The van der Waals surface area contributed by atoms with Gasteiger partial charge >= 0.3 is 0 Å². The van der Waals surface area contributed by atoms with Gasteiger partial charge in [0.2, 0.25) is 0 Å². The first-order chi connectivity index (χ1) is 6.86. The van der Waals surface area contributed by atoms with Crippen molar-refractivity contribution < 1.29 is 4.74 Å². The number of ether oxygens (including phenoxy) is 1. The average molecular weight is 199 g/mol. The molecular weight excluding hydrogens is 178 g/mol. The molecule has 0 spiro atoms. The number of rotatable bonds is 6. The molecule has 0 radical (unpaired) electrons. The molecule has 1 fully saturated rings. The van der Waals surface area contributed by atoms with Gasteiger partial charge in [-0.05, 0) is 39.8 Å². The van der Waals surface area contributed by atoms with Crippen molar-refractivity contribution in [1.82, 2.24) is 10.6 Å². The maximum Gasteiger partial charge on any atom is 0.284 e. The smallest absolute Gasteiger partial charge is 0.284 e. The number of hydrogen-bond acceptors (Lipinski definition) is 3. The molecule has 82 valence electrons. The highest BCUT2D eigenvalue weighted by atomic mass is 16.5. The Balaban J connectivity index is 2.16. The van der Waals surface area contributed by atoms with E-state index in [2.05, 4.69) is 22.5 Å². The van der Waals surface area contributed by atoms with Crippen LogP contribution < -0.4 is 10.6 Å². The van der Waals surface area contributed by atoms with Crippen molar-refractivity contribution in [3.05, 3.63) is 0 Å². The van der Waals surface area contributed by atoms with E-state index in [4.69, 9.17) is 4.74 Å². The van der Waals surface area contributed by atoms with Crippen LogP contribution in [0.3, 0.4) is 0 Å². The zero-order valence-corrected chi connectivity index (χ0v) is 9.18. The van der Waals surface area contributed by atoms with E-state index in [0.29, 0.717) is 6.10 Å². The SMILES string of the molecule is CCNC(=NCCCNC)OC1CC1. The molecule has 4 nitrogen and oxygen atoms in total. The second-order valence-corrected chi connectivity index (χ2v) is 3.49. The van der Waals surface area contributed by atoms with Crippen LogP contribution in [0.2, 0.25) is 0 Å². The maximum atomic E-state index is 5.60. The predicted molar refractivity (Wildman–Crippen MR) is 58.6 cm³/mol. The molecule has 0 aromatic carbocycles. The van der Waals surface area contributed by atoms with Crippen molar-refractivity contribution in [3.63, 3.8) is 0 Å². The molecule has 0 atom stereocenters. The molecule has 0 amide bonds. The first kappa shape index (κ1) is 11.3. The molecule has 0 heterocycles. The minimum Gasteiger partial charge on any atom is -0.462 e. The van der Waals surface area contributed by atoms with E-state index in [1.165, 1.54) is 12.8 Å². The van der Waals surface area contributed by atoms with Gasteiger partial charge in [-0.3, -0.25) is 0 Å². The van der Waals surface area contributed by atoms with Crippen molar-refractivity contribution in [1.29, 1.82) is 0 Å². The summed E-state index contributed by atoms with van der Waals surface area (Å²) in [7, 11) is 1.95. The Kier molecular flexibility index (Phi) is 5.37. The second kappa shape index (κ2) is 6.65. The number of aliphatic imine (C=N–C) groups is 1. The quantitative estimate of drug-likeness (QED) is 0.377. The molecule has 1 saturated carbocycles. The van der Waals surface area contributed by atoms with Crippen LogP contribution in [-0.4, -0.2) is 38.8 Å². The Morgan fingerprint density at radius 3 is 2.86 bits per heavy atom. The van der Waals surface area contributed by atoms with Crippen molar-refractivity contribution in [3.8, 4) is 0 Å². The zero-order chi connectivity index (χ0) is 10.2. The standard InChI is InChI=1S/C10H21N3O/c1-3-12-10(14-9-5-6-9)13-8-4-7-11-2/h9,11H,3-8H2,1-2H3,(H,12,13). The van der Waals surface area contributed by atoms with Gasteiger partial charge in [-0.15, -0.1) is 0 Å². The molecule has 14 heavy (non-hydrogen) atoms. The van der Waals surface area contributed by atoms with Crippen LogP contribution in [0, 0.1) is 0 Å². The van der Waals surface area contributed by atoms with E-state index >= 15 is 0 Å². The fourth-order valence-corrected chi connectivity index (χ4v) is 1.07. The average Bonchev–Trinajstić information content (AvgIpc) is 2.96. The second-order valence-electron chi connectivity index (χ2n) is 3.49. The molecule has 0 aromatic rings. The molecule has 0 unspecified atom stereocenters. The lowest BCUT2D eigenvalue weighted by molar-refractivity contribution is 0.273. The van der Waals surface area contributed by atoms with Gasteiger partial charge in [0.05, 0.1) is 0 Å². The number of amidine groups is 1. The van der Waals surface area contributed by atoms with E-state index in [1.54, 1.807) is 0 Å². The summed E-state index contributed by atoms with van der Waals surface area (Å²) in [6.45, 7) is 4.76. The lowest BCUT2D eigenvalue weighted by atomic mass is 10.4. The topological polar surface area (TPSA) is 45.7 Å². The summed E-state index contributed by atoms with van der Waals surface area (Å²) < 4.78 is 5.60. The van der Waals surface area contributed by atoms with Crippen LogP contribution in [0.1, 0.15) is 26.2 Å². The minimum atomic E-state index is 0.428. The normalized spacial score (nSPS) is 16.9. The van der Waals surface area contributed by atoms with Gasteiger partial charge in [-0.25, -0.2) is 4.99 Å². The molecule has 0 saturated heterocycles. The van der Waals surface area contributed by atoms with E-state index in [1.807, 2.05) is 7.05 Å². The summed E-state index contributed by atoms with van der Waals surface area (Å²) >= 11 is 0. The molecule has 1 aliphatic rings. The van der Waals surface area contributed by atoms with Gasteiger partial charge in [0, 0.05) is 13.1 Å². The van der Waals surface area contributed by atoms with Crippen molar-refractivity contribution in [2.75, 3.05) is 26.7 Å². The molecule has 0 bridgehead atoms. The highest BCUT2D eigenvalue weighted by Gasteiger charge is 2.24. The Morgan fingerprint density at radius 1 is 1.50 bits per heavy atom. The Labute approximate surface area is 86.1 Å². The van der Waals surface area contributed by atoms with Gasteiger partial charge in [-0.1, -0.05) is 0 Å². The van der Waals surface area contributed by atoms with Crippen LogP contribution in [0.4, 0.5) is 0 Å². The fraction of sp³-hybridized carbons (Fsp3) is 0.900. The highest BCUT2D eigenvalue weighted by Crippen LogP contribution is 2.23. The van der Waals surface area contributed by atoms with E-state index in [-0.39, 0.29) is 0 Å². The van der Waals surface area contributed by atoms with Crippen molar-refractivity contribution in [2.24, 2.45) is 4.99 Å². The maximum absolute atomic E-state index is 5.60. The van der Waals surface area contributed by atoms with Crippen LogP contribution >= 0.6 is 0 Å². The van der Waals surface area contributed by atoms with E-state index in [0.717, 1.165) is 32.1 Å². The van der Waals surface area contributed by atoms with Crippen LogP contribution in [0.5, 0.6) is 0 Å². The fourth-order valence-electron chi connectivity index (χ4n) is 1.07. The summed E-state index contributed by atoms with van der Waals surface area (Å²) in [5.41, 5.74) is 0. The van der Waals surface area contributed by atoms with Gasteiger partial charge in [-0.2, -0.15) is 0 Å². The van der Waals surface area contributed by atoms with Gasteiger partial charge < -0.3 is 15.4 Å². The van der Waals surface area contributed by atoms with E-state index < -0.39 is 0 Å². The van der Waals surface area contributed by atoms with Crippen molar-refractivity contribution >= 4 is 6.02 Å². The molecule has 1 rings (SSSR count). The summed E-state index contributed by atoms with van der Waals surface area (Å²) in [6.07, 6.45) is 3.85. The number of hydrogen-bond donors (Lipinski definition) is 2. The third-order valence-electron chi connectivity index (χ3n) is 1.97. The Morgan fingerprint density at radius 2 is 2.29 bits per heavy atom. The molecule has 2 N–H and O–H groups in total. The Bertz CT molecular complexity index is 178. The van der Waals surface area contributed by atoms with Crippen LogP contribution in [0.25, 0.3) is 0 Å². The van der Waals surface area contributed by atoms with E-state index in [9.17, 15) is 0 Å². The summed E-state index contributed by atoms with van der Waals surface area (Å²) in [5, 5.41) is 6.23. The van der Waals surface area contributed by atoms with Gasteiger partial charge in [0.25, 0.3) is 6.02 Å². The number of nitrogens with zero attached hydrogens (tertiary/aromatic N) is 1. The van der Waals surface area contributed by atoms with Gasteiger partial charge in [0.15, 0.2) is 0 Å². The molecule has 0 aliphatic heterocycles. The monoisotopic (exact) mass is 199 g/mol. The molecule has 4 heteroatoms. The van der Waals surface area contributed by atoms with Gasteiger partial charge in [0.1, 0.15) is 6.10 Å².